The molecule has 0 saturated carbocycles. The number of hydrogen-bond donors (Lipinski definition) is 2. The van der Waals surface area contributed by atoms with Crippen LogP contribution in [-0.4, -0.2) is 6.21 Å². The van der Waals surface area contributed by atoms with Crippen LogP contribution in [0.1, 0.15) is 16.7 Å². The fourth-order valence-corrected chi connectivity index (χ4v) is 1.11. The maximum Gasteiger partial charge on any atom is 0.128 e. The summed E-state index contributed by atoms with van der Waals surface area (Å²) in [5.74, 6) is -0.310. The summed E-state index contributed by atoms with van der Waals surface area (Å²) in [6.07, 6.45) is 1.15. The molecular weight excluding hydrogens is 155 g/mol. The van der Waals surface area contributed by atoms with Crippen molar-refractivity contribution in [1.82, 2.24) is 0 Å². The highest BCUT2D eigenvalue weighted by atomic mass is 19.1. The molecular formula is C9H11FN2. The Morgan fingerprint density at radius 3 is 2.50 bits per heavy atom. The molecule has 0 bridgehead atoms. The maximum atomic E-state index is 13.0. The average molecular weight is 166 g/mol. The number of nitrogens with two attached hydrogens (primary N) is 1. The lowest BCUT2D eigenvalue weighted by Gasteiger charge is -2.08. The lowest BCUT2D eigenvalue weighted by atomic mass is 10.0. The number of hydrogen-bond acceptors (Lipinski definition) is 2. The third kappa shape index (κ3) is 1.18. The highest BCUT2D eigenvalue weighted by Crippen LogP contribution is 2.21. The van der Waals surface area contributed by atoms with E-state index >= 15 is 0 Å². The van der Waals surface area contributed by atoms with Gasteiger partial charge in [-0.25, -0.2) is 4.39 Å². The van der Waals surface area contributed by atoms with Crippen molar-refractivity contribution in [2.24, 2.45) is 0 Å². The van der Waals surface area contributed by atoms with Crippen LogP contribution in [0.15, 0.2) is 6.07 Å². The lowest BCUT2D eigenvalue weighted by Crippen LogP contribution is -2.00. The monoisotopic (exact) mass is 166 g/mol. The Balaban J connectivity index is 3.51. The van der Waals surface area contributed by atoms with E-state index in [2.05, 4.69) is 0 Å². The molecule has 0 unspecified atom stereocenters. The number of nitrogens with one attached hydrogen (secondary N) is 1. The molecule has 1 rings (SSSR count). The average Bonchev–Trinajstić information content (AvgIpc) is 2.01. The largest absolute Gasteiger partial charge is 0.398 e. The van der Waals surface area contributed by atoms with Crippen LogP contribution in [0.25, 0.3) is 0 Å². The fraction of sp³-hybridized carbons (Fsp3) is 0.222. The minimum Gasteiger partial charge on any atom is -0.398 e. The maximum absolute atomic E-state index is 13.0. The van der Waals surface area contributed by atoms with Gasteiger partial charge in [0.1, 0.15) is 5.82 Å². The van der Waals surface area contributed by atoms with E-state index in [1.807, 2.05) is 0 Å². The number of nitrogen functional groups attached to an aromatic ring is 1. The predicted octanol–water partition coefficient (Wildman–Crippen LogP) is 2.02. The number of rotatable bonds is 1. The molecule has 0 aliphatic rings. The minimum absolute atomic E-state index is 0.310. The van der Waals surface area contributed by atoms with Crippen molar-refractivity contribution in [2.45, 2.75) is 13.8 Å². The van der Waals surface area contributed by atoms with Crippen LogP contribution in [0, 0.1) is 25.1 Å². The molecule has 64 valence electrons. The highest BCUT2D eigenvalue weighted by Gasteiger charge is 2.07. The van der Waals surface area contributed by atoms with Gasteiger partial charge in [-0.2, -0.15) is 0 Å². The fourth-order valence-electron chi connectivity index (χ4n) is 1.11. The van der Waals surface area contributed by atoms with E-state index in [9.17, 15) is 4.39 Å². The zero-order valence-electron chi connectivity index (χ0n) is 7.11. The molecule has 3 heteroatoms. The summed E-state index contributed by atoms with van der Waals surface area (Å²) in [5.41, 5.74) is 7.74. The van der Waals surface area contributed by atoms with Crippen LogP contribution in [0.5, 0.6) is 0 Å². The van der Waals surface area contributed by atoms with Gasteiger partial charge < -0.3 is 11.1 Å². The molecule has 0 fully saturated rings. The van der Waals surface area contributed by atoms with Crippen LogP contribution in [0.4, 0.5) is 10.1 Å². The molecule has 1 aromatic carbocycles. The molecule has 0 spiro atoms. The van der Waals surface area contributed by atoms with Gasteiger partial charge in [-0.15, -0.1) is 0 Å². The van der Waals surface area contributed by atoms with E-state index in [0.29, 0.717) is 16.8 Å². The van der Waals surface area contributed by atoms with Gasteiger partial charge in [0.25, 0.3) is 0 Å². The molecule has 3 N–H and O–H groups in total. The Bertz CT molecular complexity index is 332. The van der Waals surface area contributed by atoms with Crippen LogP contribution < -0.4 is 5.73 Å². The van der Waals surface area contributed by atoms with Crippen molar-refractivity contribution in [3.63, 3.8) is 0 Å². The van der Waals surface area contributed by atoms with E-state index < -0.39 is 0 Å². The molecule has 0 saturated heterocycles. The van der Waals surface area contributed by atoms with Crippen molar-refractivity contribution in [2.75, 3.05) is 5.73 Å². The summed E-state index contributed by atoms with van der Waals surface area (Å²) in [5, 5.41) is 7.07. The Labute approximate surface area is 70.7 Å². The van der Waals surface area contributed by atoms with Gasteiger partial charge in [0.05, 0.1) is 0 Å². The number of halogens is 1. The quantitative estimate of drug-likeness (QED) is 0.486. The molecule has 0 amide bonds. The lowest BCUT2D eigenvalue weighted by molar-refractivity contribution is 0.617. The summed E-state index contributed by atoms with van der Waals surface area (Å²) in [6, 6.07) is 1.25. The molecule has 0 radical (unpaired) electrons. The Hall–Kier alpha value is -1.38. The molecule has 0 aromatic heterocycles. The Morgan fingerprint density at radius 2 is 2.00 bits per heavy atom. The Morgan fingerprint density at radius 1 is 1.42 bits per heavy atom. The van der Waals surface area contributed by atoms with E-state index in [1.54, 1.807) is 13.8 Å². The summed E-state index contributed by atoms with van der Waals surface area (Å²) >= 11 is 0. The van der Waals surface area contributed by atoms with Crippen LogP contribution >= 0.6 is 0 Å². The zero-order valence-corrected chi connectivity index (χ0v) is 7.11. The second-order valence-electron chi connectivity index (χ2n) is 2.76. The summed E-state index contributed by atoms with van der Waals surface area (Å²) < 4.78 is 13.0. The first kappa shape index (κ1) is 8.71. The van der Waals surface area contributed by atoms with E-state index in [1.165, 1.54) is 6.07 Å². The zero-order chi connectivity index (χ0) is 9.30. The Kier molecular flexibility index (Phi) is 2.13. The van der Waals surface area contributed by atoms with Crippen LogP contribution in [-0.2, 0) is 0 Å². The summed E-state index contributed by atoms with van der Waals surface area (Å²) in [7, 11) is 0. The second kappa shape index (κ2) is 2.93. The van der Waals surface area contributed by atoms with Crippen LogP contribution in [0.2, 0.25) is 0 Å². The van der Waals surface area contributed by atoms with E-state index in [0.717, 1.165) is 11.8 Å². The van der Waals surface area contributed by atoms with E-state index in [4.69, 9.17) is 11.1 Å². The van der Waals surface area contributed by atoms with Crippen molar-refractivity contribution in [3.05, 3.63) is 28.6 Å². The second-order valence-corrected chi connectivity index (χ2v) is 2.76. The van der Waals surface area contributed by atoms with Crippen molar-refractivity contribution < 1.29 is 4.39 Å². The first-order valence-corrected chi connectivity index (χ1v) is 3.63. The SMILES string of the molecule is Cc1c(F)cc(N)c(C=N)c1C. The van der Waals surface area contributed by atoms with Gasteiger partial charge in [0, 0.05) is 17.5 Å². The third-order valence-electron chi connectivity index (χ3n) is 2.06. The minimum atomic E-state index is -0.310. The number of benzene rings is 1. The van der Waals surface area contributed by atoms with Gasteiger partial charge in [0.15, 0.2) is 0 Å². The molecule has 0 aliphatic heterocycles. The van der Waals surface area contributed by atoms with Crippen molar-refractivity contribution >= 4 is 11.9 Å². The van der Waals surface area contributed by atoms with Gasteiger partial charge in [-0.1, -0.05) is 0 Å². The van der Waals surface area contributed by atoms with E-state index in [-0.39, 0.29) is 5.82 Å². The predicted molar refractivity (Wildman–Crippen MR) is 48.2 cm³/mol. The normalized spacial score (nSPS) is 9.92. The van der Waals surface area contributed by atoms with Gasteiger partial charge >= 0.3 is 0 Å². The van der Waals surface area contributed by atoms with Gasteiger partial charge in [0.2, 0.25) is 0 Å². The standard InChI is InChI=1S/C9H11FN2/c1-5-6(2)8(10)3-9(12)7(5)4-11/h3-4,11H,12H2,1-2H3. The van der Waals surface area contributed by atoms with Crippen molar-refractivity contribution in [1.29, 1.82) is 5.41 Å². The topological polar surface area (TPSA) is 49.9 Å². The van der Waals surface area contributed by atoms with Crippen LogP contribution in [0.3, 0.4) is 0 Å². The third-order valence-corrected chi connectivity index (χ3v) is 2.06. The van der Waals surface area contributed by atoms with Crippen molar-refractivity contribution in [3.8, 4) is 0 Å². The molecule has 0 aliphatic carbocycles. The first-order chi connectivity index (χ1) is 5.57. The first-order valence-electron chi connectivity index (χ1n) is 3.63. The summed E-state index contributed by atoms with van der Waals surface area (Å²) in [6.45, 7) is 3.44. The molecule has 2 nitrogen and oxygen atoms in total. The van der Waals surface area contributed by atoms with Gasteiger partial charge in [-0.05, 0) is 31.0 Å². The molecule has 12 heavy (non-hydrogen) atoms. The molecule has 0 heterocycles. The molecule has 1 aromatic rings. The van der Waals surface area contributed by atoms with Gasteiger partial charge in [-0.3, -0.25) is 0 Å². The smallest absolute Gasteiger partial charge is 0.128 e. The number of anilines is 1. The molecule has 0 atom stereocenters. The summed E-state index contributed by atoms with van der Waals surface area (Å²) in [4.78, 5) is 0. The highest BCUT2D eigenvalue weighted by molar-refractivity contribution is 5.87.